The molecule has 0 aromatic carbocycles. The van der Waals surface area contributed by atoms with Crippen molar-refractivity contribution in [1.29, 1.82) is 0 Å². The molecule has 1 atom stereocenters. The van der Waals surface area contributed by atoms with E-state index in [4.69, 9.17) is 10.1 Å². The lowest BCUT2D eigenvalue weighted by Crippen LogP contribution is -2.34. The second-order valence-electron chi connectivity index (χ2n) is 6.09. The van der Waals surface area contributed by atoms with E-state index in [1.54, 1.807) is 0 Å². The van der Waals surface area contributed by atoms with E-state index in [1.165, 1.54) is 6.33 Å². The molecule has 8 heteroatoms. The van der Waals surface area contributed by atoms with E-state index in [2.05, 4.69) is 38.6 Å². The summed E-state index contributed by atoms with van der Waals surface area (Å²) in [6.45, 7) is 5.65. The summed E-state index contributed by atoms with van der Waals surface area (Å²) >= 11 is 0. The molecule has 1 unspecified atom stereocenters. The van der Waals surface area contributed by atoms with E-state index in [0.29, 0.717) is 17.9 Å². The van der Waals surface area contributed by atoms with Crippen LogP contribution in [0.1, 0.15) is 32.7 Å². The van der Waals surface area contributed by atoms with Gasteiger partial charge < -0.3 is 20.4 Å². The van der Waals surface area contributed by atoms with Crippen molar-refractivity contribution in [3.63, 3.8) is 0 Å². The van der Waals surface area contributed by atoms with Crippen molar-refractivity contribution in [2.75, 3.05) is 36.5 Å². The summed E-state index contributed by atoms with van der Waals surface area (Å²) < 4.78 is 2.09. The van der Waals surface area contributed by atoms with Crippen LogP contribution in [0.15, 0.2) is 6.33 Å². The van der Waals surface area contributed by atoms with Gasteiger partial charge >= 0.3 is 0 Å². The van der Waals surface area contributed by atoms with Crippen molar-refractivity contribution in [2.45, 2.75) is 38.8 Å². The third kappa shape index (κ3) is 2.84. The number of aliphatic hydroxyl groups is 2. The highest BCUT2D eigenvalue weighted by Crippen LogP contribution is 2.32. The summed E-state index contributed by atoms with van der Waals surface area (Å²) in [7, 11) is 0. The zero-order chi connectivity index (χ0) is 16.4. The molecular weight excluding hydrogens is 296 g/mol. The molecule has 1 saturated heterocycles. The van der Waals surface area contributed by atoms with Crippen LogP contribution in [0.4, 0.5) is 11.8 Å². The number of nitrogens with zero attached hydrogens (tertiary/aromatic N) is 5. The van der Waals surface area contributed by atoms with Gasteiger partial charge in [-0.2, -0.15) is 0 Å². The summed E-state index contributed by atoms with van der Waals surface area (Å²) in [6, 6.07) is 0.293. The third-order valence-corrected chi connectivity index (χ3v) is 4.22. The van der Waals surface area contributed by atoms with Crippen LogP contribution >= 0.6 is 0 Å². The van der Waals surface area contributed by atoms with Gasteiger partial charge in [-0.1, -0.05) is 0 Å². The normalized spacial score (nSPS) is 18.3. The fraction of sp³-hybridized carbons (Fsp3) is 0.667. The van der Waals surface area contributed by atoms with Crippen molar-refractivity contribution < 1.29 is 10.2 Å². The van der Waals surface area contributed by atoms with E-state index in [0.717, 1.165) is 31.0 Å². The van der Waals surface area contributed by atoms with Crippen molar-refractivity contribution in [2.24, 2.45) is 0 Å². The second-order valence-corrected chi connectivity index (χ2v) is 6.09. The molecule has 0 aliphatic carbocycles. The molecule has 8 nitrogen and oxygen atoms in total. The fourth-order valence-electron chi connectivity index (χ4n) is 3.17. The molecule has 1 aliphatic rings. The lowest BCUT2D eigenvalue weighted by atomic mass is 10.2. The molecule has 3 heterocycles. The molecule has 23 heavy (non-hydrogen) atoms. The molecule has 2 aromatic heterocycles. The molecule has 0 saturated carbocycles. The van der Waals surface area contributed by atoms with Crippen LogP contribution < -0.4 is 10.2 Å². The standard InChI is InChI=1S/C15H24N6O2/c1-10(2)21-14-12(13(16-5-7-22)17-9-18-14)19-15(21)20-6-3-4-11(20)8-23/h9-11,22-23H,3-8H2,1-2H3,(H,16,17,18). The van der Waals surface area contributed by atoms with E-state index < -0.39 is 0 Å². The Kier molecular flexibility index (Phi) is 4.63. The highest BCUT2D eigenvalue weighted by molar-refractivity contribution is 5.85. The number of hydrogen-bond acceptors (Lipinski definition) is 7. The highest BCUT2D eigenvalue weighted by Gasteiger charge is 2.30. The van der Waals surface area contributed by atoms with Gasteiger partial charge in [0.25, 0.3) is 0 Å². The number of hydrogen-bond donors (Lipinski definition) is 3. The number of aromatic nitrogens is 4. The Bertz CT molecular complexity index is 671. The van der Waals surface area contributed by atoms with E-state index in [9.17, 15) is 5.11 Å². The average molecular weight is 320 g/mol. The van der Waals surface area contributed by atoms with E-state index >= 15 is 0 Å². The molecule has 0 spiro atoms. The Morgan fingerprint density at radius 3 is 2.87 bits per heavy atom. The van der Waals surface area contributed by atoms with Gasteiger partial charge in [0.15, 0.2) is 17.0 Å². The minimum Gasteiger partial charge on any atom is -0.395 e. The summed E-state index contributed by atoms with van der Waals surface area (Å²) in [6.07, 6.45) is 3.53. The van der Waals surface area contributed by atoms with Crippen LogP contribution in [-0.4, -0.2) is 62.1 Å². The first-order valence-electron chi connectivity index (χ1n) is 8.12. The van der Waals surface area contributed by atoms with Crippen LogP contribution in [0.25, 0.3) is 11.2 Å². The van der Waals surface area contributed by atoms with Crippen molar-refractivity contribution in [3.05, 3.63) is 6.33 Å². The third-order valence-electron chi connectivity index (χ3n) is 4.22. The second kappa shape index (κ2) is 6.67. The van der Waals surface area contributed by atoms with Crippen LogP contribution in [-0.2, 0) is 0 Å². The smallest absolute Gasteiger partial charge is 0.208 e. The highest BCUT2D eigenvalue weighted by atomic mass is 16.3. The SMILES string of the molecule is CC(C)n1c(N2CCCC2CO)nc2c(NCCO)ncnc21. The molecule has 126 valence electrons. The largest absolute Gasteiger partial charge is 0.395 e. The molecule has 3 rings (SSSR count). The van der Waals surface area contributed by atoms with Crippen LogP contribution in [0.3, 0.4) is 0 Å². The molecule has 3 N–H and O–H groups in total. The Morgan fingerprint density at radius 1 is 1.35 bits per heavy atom. The van der Waals surface area contributed by atoms with Gasteiger partial charge in [-0.15, -0.1) is 0 Å². The number of aliphatic hydroxyl groups excluding tert-OH is 2. The summed E-state index contributed by atoms with van der Waals surface area (Å²) in [4.78, 5) is 15.6. The van der Waals surface area contributed by atoms with Gasteiger partial charge in [-0.25, -0.2) is 15.0 Å². The van der Waals surface area contributed by atoms with Gasteiger partial charge in [0, 0.05) is 19.1 Å². The Hall–Kier alpha value is -1.93. The maximum atomic E-state index is 9.63. The number of anilines is 2. The van der Waals surface area contributed by atoms with Crippen LogP contribution in [0.5, 0.6) is 0 Å². The Balaban J connectivity index is 2.11. The van der Waals surface area contributed by atoms with Crippen molar-refractivity contribution in [1.82, 2.24) is 19.5 Å². The maximum absolute atomic E-state index is 9.63. The molecule has 2 aromatic rings. The van der Waals surface area contributed by atoms with Gasteiger partial charge in [-0.05, 0) is 26.7 Å². The molecule has 1 fully saturated rings. The van der Waals surface area contributed by atoms with Gasteiger partial charge in [0.1, 0.15) is 6.33 Å². The van der Waals surface area contributed by atoms with Gasteiger partial charge in [-0.3, -0.25) is 4.57 Å². The van der Waals surface area contributed by atoms with Gasteiger partial charge in [0.05, 0.1) is 19.3 Å². The summed E-state index contributed by atoms with van der Waals surface area (Å²) in [5.74, 6) is 1.46. The van der Waals surface area contributed by atoms with Crippen LogP contribution in [0, 0.1) is 0 Å². The summed E-state index contributed by atoms with van der Waals surface area (Å²) in [5.41, 5.74) is 1.47. The maximum Gasteiger partial charge on any atom is 0.208 e. The minimum absolute atomic E-state index is 0.0297. The lowest BCUT2D eigenvalue weighted by Gasteiger charge is -2.26. The number of rotatable bonds is 6. The Labute approximate surface area is 135 Å². The number of imidazole rings is 1. The topological polar surface area (TPSA) is 99.3 Å². The predicted octanol–water partition coefficient (Wildman–Crippen LogP) is 0.772. The molecule has 1 aliphatic heterocycles. The quantitative estimate of drug-likeness (QED) is 0.723. The number of nitrogens with one attached hydrogen (secondary N) is 1. The Morgan fingerprint density at radius 2 is 2.17 bits per heavy atom. The lowest BCUT2D eigenvalue weighted by molar-refractivity contribution is 0.265. The molecule has 0 amide bonds. The van der Waals surface area contributed by atoms with Crippen molar-refractivity contribution in [3.8, 4) is 0 Å². The van der Waals surface area contributed by atoms with E-state index in [-0.39, 0.29) is 25.3 Å². The van der Waals surface area contributed by atoms with Gasteiger partial charge in [0.2, 0.25) is 5.95 Å². The van der Waals surface area contributed by atoms with Crippen molar-refractivity contribution >= 4 is 22.9 Å². The minimum atomic E-state index is 0.0297. The molecule has 0 radical (unpaired) electrons. The monoisotopic (exact) mass is 320 g/mol. The predicted molar refractivity (Wildman–Crippen MR) is 88.7 cm³/mol. The first-order chi connectivity index (χ1) is 11.2. The first kappa shape index (κ1) is 15.9. The fourth-order valence-corrected chi connectivity index (χ4v) is 3.17. The average Bonchev–Trinajstić information content (AvgIpc) is 3.16. The zero-order valence-electron chi connectivity index (χ0n) is 13.6. The number of fused-ring (bicyclic) bond motifs is 1. The van der Waals surface area contributed by atoms with Crippen LogP contribution in [0.2, 0.25) is 0 Å². The zero-order valence-corrected chi connectivity index (χ0v) is 13.6. The summed E-state index contributed by atoms with van der Waals surface area (Å²) in [5, 5.41) is 21.7. The van der Waals surface area contributed by atoms with E-state index in [1.807, 2.05) is 0 Å². The molecule has 0 bridgehead atoms. The molecular formula is C15H24N6O2. The first-order valence-corrected chi connectivity index (χ1v) is 8.12.